The summed E-state index contributed by atoms with van der Waals surface area (Å²) in [6.07, 6.45) is 0. The Hall–Kier alpha value is -2.69. The second kappa shape index (κ2) is 5.01. The molecule has 3 aromatic rings. The number of methoxy groups -OCH3 is 2. The molecule has 0 spiro atoms. The van der Waals surface area contributed by atoms with Crippen LogP contribution in [0.4, 0.5) is 5.95 Å². The fraction of sp³-hybridized carbons (Fsp3) is 0.188. The van der Waals surface area contributed by atoms with E-state index in [1.807, 2.05) is 41.8 Å². The van der Waals surface area contributed by atoms with Crippen LogP contribution in [0.25, 0.3) is 16.7 Å². The summed E-state index contributed by atoms with van der Waals surface area (Å²) in [7, 11) is 3.23. The first-order valence-corrected chi connectivity index (χ1v) is 6.61. The molecule has 21 heavy (non-hydrogen) atoms. The van der Waals surface area contributed by atoms with Gasteiger partial charge in [-0.05, 0) is 36.8 Å². The van der Waals surface area contributed by atoms with Crippen LogP contribution in [0.1, 0.15) is 5.56 Å². The largest absolute Gasteiger partial charge is 0.493 e. The number of aryl methyl sites for hydroxylation is 1. The summed E-state index contributed by atoms with van der Waals surface area (Å²) >= 11 is 0. The first-order chi connectivity index (χ1) is 10.1. The van der Waals surface area contributed by atoms with E-state index in [9.17, 15) is 0 Å². The molecule has 5 heteroatoms. The second-order valence-electron chi connectivity index (χ2n) is 4.84. The maximum Gasteiger partial charge on any atom is 0.205 e. The zero-order chi connectivity index (χ0) is 15.0. The molecule has 0 aliphatic rings. The standard InChI is InChI=1S/C16H17N3O2/c1-10-4-6-12-13(8-10)19(16(17)18-12)11-5-7-14(20-2)15(9-11)21-3/h4-9H,1-3H3,(H2,17,18). The normalized spacial score (nSPS) is 10.8. The van der Waals surface area contributed by atoms with E-state index < -0.39 is 0 Å². The van der Waals surface area contributed by atoms with Crippen LogP contribution in [-0.2, 0) is 0 Å². The number of benzene rings is 2. The van der Waals surface area contributed by atoms with Gasteiger partial charge in [0.25, 0.3) is 0 Å². The van der Waals surface area contributed by atoms with Gasteiger partial charge in [-0.3, -0.25) is 4.57 Å². The predicted molar refractivity (Wildman–Crippen MR) is 83.3 cm³/mol. The third kappa shape index (κ3) is 2.16. The summed E-state index contributed by atoms with van der Waals surface area (Å²) in [5.74, 6) is 1.78. The highest BCUT2D eigenvalue weighted by molar-refractivity contribution is 5.81. The number of nitrogens with zero attached hydrogens (tertiary/aromatic N) is 2. The number of hydrogen-bond donors (Lipinski definition) is 1. The van der Waals surface area contributed by atoms with Gasteiger partial charge in [-0.25, -0.2) is 4.98 Å². The van der Waals surface area contributed by atoms with Gasteiger partial charge in [-0.15, -0.1) is 0 Å². The number of rotatable bonds is 3. The van der Waals surface area contributed by atoms with Crippen molar-refractivity contribution in [2.75, 3.05) is 20.0 Å². The lowest BCUT2D eigenvalue weighted by atomic mass is 10.2. The third-order valence-corrected chi connectivity index (χ3v) is 3.46. The van der Waals surface area contributed by atoms with E-state index in [0.717, 1.165) is 22.3 Å². The van der Waals surface area contributed by atoms with Crippen LogP contribution in [0.15, 0.2) is 36.4 Å². The van der Waals surface area contributed by atoms with Gasteiger partial charge in [-0.2, -0.15) is 0 Å². The Morgan fingerprint density at radius 2 is 1.76 bits per heavy atom. The molecule has 0 radical (unpaired) electrons. The summed E-state index contributed by atoms with van der Waals surface area (Å²) in [5, 5.41) is 0. The molecule has 0 unspecified atom stereocenters. The van der Waals surface area contributed by atoms with Crippen LogP contribution in [-0.4, -0.2) is 23.8 Å². The van der Waals surface area contributed by atoms with Gasteiger partial charge < -0.3 is 15.2 Å². The van der Waals surface area contributed by atoms with Crippen LogP contribution in [0.5, 0.6) is 11.5 Å². The Kier molecular flexibility index (Phi) is 3.17. The molecule has 108 valence electrons. The molecule has 1 aromatic heterocycles. The highest BCUT2D eigenvalue weighted by atomic mass is 16.5. The minimum Gasteiger partial charge on any atom is -0.493 e. The fourth-order valence-electron chi connectivity index (χ4n) is 2.44. The molecule has 0 fully saturated rings. The number of nitrogens with two attached hydrogens (primary N) is 1. The monoisotopic (exact) mass is 283 g/mol. The Morgan fingerprint density at radius 1 is 1.00 bits per heavy atom. The van der Waals surface area contributed by atoms with Crippen molar-refractivity contribution >= 4 is 17.0 Å². The van der Waals surface area contributed by atoms with Crippen molar-refractivity contribution in [3.8, 4) is 17.2 Å². The van der Waals surface area contributed by atoms with Gasteiger partial charge in [0, 0.05) is 6.07 Å². The molecule has 5 nitrogen and oxygen atoms in total. The Bertz CT molecular complexity index is 809. The molecule has 0 aliphatic carbocycles. The van der Waals surface area contributed by atoms with Crippen molar-refractivity contribution < 1.29 is 9.47 Å². The molecular weight excluding hydrogens is 266 g/mol. The number of nitrogen functional groups attached to an aromatic ring is 1. The highest BCUT2D eigenvalue weighted by Crippen LogP contribution is 2.32. The molecule has 0 atom stereocenters. The maximum atomic E-state index is 6.08. The fourth-order valence-corrected chi connectivity index (χ4v) is 2.44. The molecule has 2 aromatic carbocycles. The topological polar surface area (TPSA) is 62.3 Å². The maximum absolute atomic E-state index is 6.08. The summed E-state index contributed by atoms with van der Waals surface area (Å²) in [4.78, 5) is 4.40. The molecule has 0 aliphatic heterocycles. The Balaban J connectivity index is 2.24. The van der Waals surface area contributed by atoms with Gasteiger partial charge in [-0.1, -0.05) is 6.07 Å². The van der Waals surface area contributed by atoms with Crippen LogP contribution in [0, 0.1) is 6.92 Å². The molecule has 1 heterocycles. The molecule has 0 bridgehead atoms. The number of imidazole rings is 1. The minimum atomic E-state index is 0.447. The summed E-state index contributed by atoms with van der Waals surface area (Å²) in [6.45, 7) is 2.04. The smallest absolute Gasteiger partial charge is 0.205 e. The van der Waals surface area contributed by atoms with Crippen molar-refractivity contribution in [2.24, 2.45) is 0 Å². The van der Waals surface area contributed by atoms with Crippen LogP contribution in [0.2, 0.25) is 0 Å². The first kappa shape index (κ1) is 13.3. The SMILES string of the molecule is COc1ccc(-n2c(N)nc3ccc(C)cc32)cc1OC. The molecule has 3 rings (SSSR count). The average Bonchev–Trinajstić information content (AvgIpc) is 2.81. The van der Waals surface area contributed by atoms with Gasteiger partial charge in [0.1, 0.15) is 0 Å². The van der Waals surface area contributed by atoms with E-state index >= 15 is 0 Å². The molecular formula is C16H17N3O2. The lowest BCUT2D eigenvalue weighted by Crippen LogP contribution is -2.01. The van der Waals surface area contributed by atoms with Gasteiger partial charge >= 0.3 is 0 Å². The second-order valence-corrected chi connectivity index (χ2v) is 4.84. The van der Waals surface area contributed by atoms with Crippen molar-refractivity contribution in [2.45, 2.75) is 6.92 Å². The number of anilines is 1. The molecule has 0 amide bonds. The molecule has 0 saturated heterocycles. The predicted octanol–water partition coefficient (Wildman–Crippen LogP) is 2.93. The van der Waals surface area contributed by atoms with E-state index in [0.29, 0.717) is 17.4 Å². The summed E-state index contributed by atoms with van der Waals surface area (Å²) in [5.41, 5.74) is 9.96. The van der Waals surface area contributed by atoms with Crippen molar-refractivity contribution in [3.63, 3.8) is 0 Å². The Morgan fingerprint density at radius 3 is 2.48 bits per heavy atom. The van der Waals surface area contributed by atoms with E-state index in [-0.39, 0.29) is 0 Å². The lowest BCUT2D eigenvalue weighted by Gasteiger charge is -2.11. The quantitative estimate of drug-likeness (QED) is 0.802. The Labute approximate surface area is 122 Å². The average molecular weight is 283 g/mol. The van der Waals surface area contributed by atoms with Gasteiger partial charge in [0.2, 0.25) is 5.95 Å². The van der Waals surface area contributed by atoms with E-state index in [1.54, 1.807) is 14.2 Å². The minimum absolute atomic E-state index is 0.447. The number of aromatic nitrogens is 2. The number of ether oxygens (including phenoxy) is 2. The molecule has 0 saturated carbocycles. The van der Waals surface area contributed by atoms with E-state index in [1.165, 1.54) is 0 Å². The van der Waals surface area contributed by atoms with Crippen LogP contribution >= 0.6 is 0 Å². The van der Waals surface area contributed by atoms with Gasteiger partial charge in [0.05, 0.1) is 30.9 Å². The van der Waals surface area contributed by atoms with Gasteiger partial charge in [0.15, 0.2) is 11.5 Å². The summed E-state index contributed by atoms with van der Waals surface area (Å²) in [6, 6.07) is 11.7. The third-order valence-electron chi connectivity index (χ3n) is 3.46. The number of fused-ring (bicyclic) bond motifs is 1. The zero-order valence-corrected chi connectivity index (χ0v) is 12.3. The van der Waals surface area contributed by atoms with Crippen LogP contribution in [0.3, 0.4) is 0 Å². The lowest BCUT2D eigenvalue weighted by molar-refractivity contribution is 0.355. The van der Waals surface area contributed by atoms with Crippen molar-refractivity contribution in [3.05, 3.63) is 42.0 Å². The van der Waals surface area contributed by atoms with E-state index in [4.69, 9.17) is 15.2 Å². The number of hydrogen-bond acceptors (Lipinski definition) is 4. The van der Waals surface area contributed by atoms with Crippen molar-refractivity contribution in [1.29, 1.82) is 0 Å². The first-order valence-electron chi connectivity index (χ1n) is 6.61. The van der Waals surface area contributed by atoms with E-state index in [2.05, 4.69) is 11.1 Å². The molecule has 2 N–H and O–H groups in total. The zero-order valence-electron chi connectivity index (χ0n) is 12.3. The highest BCUT2D eigenvalue weighted by Gasteiger charge is 2.12. The van der Waals surface area contributed by atoms with Crippen LogP contribution < -0.4 is 15.2 Å². The van der Waals surface area contributed by atoms with Crippen molar-refractivity contribution in [1.82, 2.24) is 9.55 Å². The summed E-state index contributed by atoms with van der Waals surface area (Å²) < 4.78 is 12.5.